The van der Waals surface area contributed by atoms with Gasteiger partial charge in [-0.1, -0.05) is 6.07 Å². The molecule has 0 aliphatic heterocycles. The van der Waals surface area contributed by atoms with Crippen LogP contribution in [0.1, 0.15) is 19.5 Å². The van der Waals surface area contributed by atoms with Crippen molar-refractivity contribution in [3.8, 4) is 0 Å². The smallest absolute Gasteiger partial charge is 0.234 e. The third kappa shape index (κ3) is 5.31. The molecule has 0 bridgehead atoms. The SMILES string of the molecule is CC(C)NC(=O)CN(C)Cc1cccc(N)n1. The molecule has 0 spiro atoms. The van der Waals surface area contributed by atoms with Gasteiger partial charge < -0.3 is 11.1 Å². The molecule has 0 aromatic carbocycles. The molecule has 5 nitrogen and oxygen atoms in total. The highest BCUT2D eigenvalue weighted by atomic mass is 16.2. The number of nitrogen functional groups attached to an aromatic ring is 1. The van der Waals surface area contributed by atoms with E-state index in [0.29, 0.717) is 18.9 Å². The van der Waals surface area contributed by atoms with Crippen molar-refractivity contribution in [2.45, 2.75) is 26.4 Å². The molecule has 0 saturated carbocycles. The molecule has 0 fully saturated rings. The first-order valence-electron chi connectivity index (χ1n) is 5.66. The Labute approximate surface area is 102 Å². The van der Waals surface area contributed by atoms with Crippen LogP contribution in [0.2, 0.25) is 0 Å². The van der Waals surface area contributed by atoms with Crippen LogP contribution in [0.4, 0.5) is 5.82 Å². The fraction of sp³-hybridized carbons (Fsp3) is 0.500. The lowest BCUT2D eigenvalue weighted by Crippen LogP contribution is -2.38. The van der Waals surface area contributed by atoms with Gasteiger partial charge in [0.05, 0.1) is 12.2 Å². The number of carbonyl (C=O) groups excluding carboxylic acids is 1. The molecule has 0 aliphatic carbocycles. The topological polar surface area (TPSA) is 71.2 Å². The van der Waals surface area contributed by atoms with Gasteiger partial charge >= 0.3 is 0 Å². The molecule has 0 unspecified atom stereocenters. The van der Waals surface area contributed by atoms with Crippen LogP contribution in [0.3, 0.4) is 0 Å². The Balaban J connectivity index is 2.44. The van der Waals surface area contributed by atoms with Gasteiger partial charge in [-0.3, -0.25) is 9.69 Å². The lowest BCUT2D eigenvalue weighted by Gasteiger charge is -2.17. The van der Waals surface area contributed by atoms with Gasteiger partial charge in [0, 0.05) is 12.6 Å². The van der Waals surface area contributed by atoms with Crippen LogP contribution in [0, 0.1) is 0 Å². The second-order valence-corrected chi connectivity index (χ2v) is 4.45. The molecule has 94 valence electrons. The Morgan fingerprint density at radius 3 is 2.82 bits per heavy atom. The zero-order chi connectivity index (χ0) is 12.8. The number of nitrogens with two attached hydrogens (primary N) is 1. The van der Waals surface area contributed by atoms with Crippen LogP contribution in [-0.4, -0.2) is 35.4 Å². The molecule has 3 N–H and O–H groups in total. The van der Waals surface area contributed by atoms with E-state index in [0.717, 1.165) is 5.69 Å². The Kier molecular flexibility index (Phi) is 4.90. The maximum atomic E-state index is 11.5. The lowest BCUT2D eigenvalue weighted by atomic mass is 10.3. The Hall–Kier alpha value is -1.62. The molecule has 1 aromatic heterocycles. The molecule has 1 amide bonds. The van der Waals surface area contributed by atoms with E-state index in [1.807, 2.05) is 37.9 Å². The van der Waals surface area contributed by atoms with Gasteiger partial charge in [-0.25, -0.2) is 4.98 Å². The second kappa shape index (κ2) is 6.20. The molecular weight excluding hydrogens is 216 g/mol. The van der Waals surface area contributed by atoms with Crippen molar-refractivity contribution >= 4 is 11.7 Å². The van der Waals surface area contributed by atoms with Crippen molar-refractivity contribution < 1.29 is 4.79 Å². The lowest BCUT2D eigenvalue weighted by molar-refractivity contribution is -0.122. The number of aromatic nitrogens is 1. The Bertz CT molecular complexity index is 379. The molecule has 17 heavy (non-hydrogen) atoms. The number of likely N-dealkylation sites (N-methyl/N-ethyl adjacent to an activating group) is 1. The van der Waals surface area contributed by atoms with Crippen molar-refractivity contribution in [3.63, 3.8) is 0 Å². The summed E-state index contributed by atoms with van der Waals surface area (Å²) in [6.45, 7) is 4.85. The van der Waals surface area contributed by atoms with E-state index in [4.69, 9.17) is 5.73 Å². The molecule has 0 saturated heterocycles. The highest BCUT2D eigenvalue weighted by Gasteiger charge is 2.08. The molecule has 1 rings (SSSR count). The molecular formula is C12H20N4O. The minimum atomic E-state index is 0.0198. The summed E-state index contributed by atoms with van der Waals surface area (Å²) in [5.74, 6) is 0.522. The first-order valence-corrected chi connectivity index (χ1v) is 5.66. The zero-order valence-electron chi connectivity index (χ0n) is 10.6. The second-order valence-electron chi connectivity index (χ2n) is 4.45. The number of hydrogen-bond acceptors (Lipinski definition) is 4. The van der Waals surface area contributed by atoms with Gasteiger partial charge in [0.25, 0.3) is 0 Å². The van der Waals surface area contributed by atoms with E-state index in [1.54, 1.807) is 6.07 Å². The van der Waals surface area contributed by atoms with E-state index in [2.05, 4.69) is 10.3 Å². The largest absolute Gasteiger partial charge is 0.384 e. The zero-order valence-corrected chi connectivity index (χ0v) is 10.6. The van der Waals surface area contributed by atoms with Crippen LogP contribution in [0.15, 0.2) is 18.2 Å². The fourth-order valence-corrected chi connectivity index (χ4v) is 1.53. The third-order valence-electron chi connectivity index (χ3n) is 2.12. The summed E-state index contributed by atoms with van der Waals surface area (Å²) in [4.78, 5) is 17.6. The van der Waals surface area contributed by atoms with Crippen molar-refractivity contribution in [1.82, 2.24) is 15.2 Å². The summed E-state index contributed by atoms with van der Waals surface area (Å²) in [6.07, 6.45) is 0. The summed E-state index contributed by atoms with van der Waals surface area (Å²) in [5.41, 5.74) is 6.46. The minimum absolute atomic E-state index is 0.0198. The average molecular weight is 236 g/mol. The van der Waals surface area contributed by atoms with Crippen LogP contribution in [0.25, 0.3) is 0 Å². The van der Waals surface area contributed by atoms with E-state index < -0.39 is 0 Å². The van der Waals surface area contributed by atoms with E-state index >= 15 is 0 Å². The first-order chi connectivity index (χ1) is 7.97. The first kappa shape index (κ1) is 13.4. The molecule has 0 aliphatic rings. The maximum absolute atomic E-state index is 11.5. The summed E-state index contributed by atoms with van der Waals surface area (Å²) in [6, 6.07) is 5.67. The number of carbonyl (C=O) groups is 1. The molecule has 1 aromatic rings. The molecule has 5 heteroatoms. The minimum Gasteiger partial charge on any atom is -0.384 e. The highest BCUT2D eigenvalue weighted by Crippen LogP contribution is 2.03. The monoisotopic (exact) mass is 236 g/mol. The van der Waals surface area contributed by atoms with Crippen LogP contribution < -0.4 is 11.1 Å². The quantitative estimate of drug-likeness (QED) is 0.786. The summed E-state index contributed by atoms with van der Waals surface area (Å²) in [5, 5.41) is 2.85. The number of nitrogens with one attached hydrogen (secondary N) is 1. The number of amides is 1. The molecule has 0 atom stereocenters. The van der Waals surface area contributed by atoms with Gasteiger partial charge in [0.1, 0.15) is 5.82 Å². The van der Waals surface area contributed by atoms with Crippen molar-refractivity contribution in [1.29, 1.82) is 0 Å². The van der Waals surface area contributed by atoms with Crippen LogP contribution in [-0.2, 0) is 11.3 Å². The van der Waals surface area contributed by atoms with Crippen LogP contribution in [0.5, 0.6) is 0 Å². The summed E-state index contributed by atoms with van der Waals surface area (Å²) < 4.78 is 0. The average Bonchev–Trinajstić information content (AvgIpc) is 2.14. The predicted molar refractivity (Wildman–Crippen MR) is 68.3 cm³/mol. The Morgan fingerprint density at radius 2 is 2.24 bits per heavy atom. The molecule has 0 radical (unpaired) electrons. The highest BCUT2D eigenvalue weighted by molar-refractivity contribution is 5.78. The number of pyridine rings is 1. The van der Waals surface area contributed by atoms with Gasteiger partial charge in [0.15, 0.2) is 0 Å². The van der Waals surface area contributed by atoms with Crippen molar-refractivity contribution in [3.05, 3.63) is 23.9 Å². The van der Waals surface area contributed by atoms with E-state index in [-0.39, 0.29) is 11.9 Å². The van der Waals surface area contributed by atoms with Crippen molar-refractivity contribution in [2.75, 3.05) is 19.3 Å². The number of rotatable bonds is 5. The van der Waals surface area contributed by atoms with Gasteiger partial charge in [-0.05, 0) is 33.0 Å². The summed E-state index contributed by atoms with van der Waals surface area (Å²) >= 11 is 0. The normalized spacial score (nSPS) is 10.9. The number of anilines is 1. The van der Waals surface area contributed by atoms with Crippen molar-refractivity contribution in [2.24, 2.45) is 0 Å². The fourth-order valence-electron chi connectivity index (χ4n) is 1.53. The summed E-state index contributed by atoms with van der Waals surface area (Å²) in [7, 11) is 1.88. The van der Waals surface area contributed by atoms with E-state index in [9.17, 15) is 4.79 Å². The van der Waals surface area contributed by atoms with E-state index in [1.165, 1.54) is 0 Å². The predicted octanol–water partition coefficient (Wildman–Crippen LogP) is 0.620. The number of hydrogen-bond donors (Lipinski definition) is 2. The standard InChI is InChI=1S/C12H20N4O/c1-9(2)14-12(17)8-16(3)7-10-5-4-6-11(13)15-10/h4-6,9H,7-8H2,1-3H3,(H2,13,15)(H,14,17). The van der Waals surface area contributed by atoms with Gasteiger partial charge in [-0.15, -0.1) is 0 Å². The third-order valence-corrected chi connectivity index (χ3v) is 2.12. The van der Waals surface area contributed by atoms with Gasteiger partial charge in [-0.2, -0.15) is 0 Å². The van der Waals surface area contributed by atoms with Crippen LogP contribution >= 0.6 is 0 Å². The number of nitrogens with zero attached hydrogens (tertiary/aromatic N) is 2. The maximum Gasteiger partial charge on any atom is 0.234 e. The van der Waals surface area contributed by atoms with Gasteiger partial charge in [0.2, 0.25) is 5.91 Å². The Morgan fingerprint density at radius 1 is 1.53 bits per heavy atom. The molecule has 1 heterocycles.